The molecule has 0 aliphatic rings. The Morgan fingerprint density at radius 1 is 0.837 bits per heavy atom. The fourth-order valence-electron chi connectivity index (χ4n) is 4.32. The number of benzene rings is 4. The van der Waals surface area contributed by atoms with Gasteiger partial charge in [0.05, 0.1) is 12.0 Å². The highest BCUT2D eigenvalue weighted by atomic mass is 32.2. The molecule has 2 N–H and O–H groups in total. The highest BCUT2D eigenvalue weighted by Crippen LogP contribution is 2.21. The van der Waals surface area contributed by atoms with Crippen molar-refractivity contribution in [1.29, 1.82) is 0 Å². The smallest absolute Gasteiger partial charge is 0.261 e. The van der Waals surface area contributed by atoms with Crippen LogP contribution in [-0.2, 0) is 32.6 Å². The number of ether oxygens (including phenoxy) is 2. The molecule has 0 saturated heterocycles. The van der Waals surface area contributed by atoms with E-state index in [1.54, 1.807) is 19.2 Å². The van der Waals surface area contributed by atoms with Gasteiger partial charge in [-0.05, 0) is 71.8 Å². The SMILES string of the molecule is CNC(=O)C(Cc1ccccc1)N(Cc1ccc(OC)cc1)C(=O)COc1ccc(S(=O)(=O)Nc2ccc(F)cc2)cc1. The summed E-state index contributed by atoms with van der Waals surface area (Å²) in [6, 6.07) is 26.2. The van der Waals surface area contributed by atoms with Crippen LogP contribution in [0.1, 0.15) is 11.1 Å². The molecule has 2 amide bonds. The number of anilines is 1. The lowest BCUT2D eigenvalue weighted by Gasteiger charge is -2.31. The summed E-state index contributed by atoms with van der Waals surface area (Å²) in [5, 5.41) is 2.66. The van der Waals surface area contributed by atoms with Crippen molar-refractivity contribution in [2.24, 2.45) is 0 Å². The van der Waals surface area contributed by atoms with Gasteiger partial charge in [0.2, 0.25) is 5.91 Å². The lowest BCUT2D eigenvalue weighted by atomic mass is 10.0. The highest BCUT2D eigenvalue weighted by Gasteiger charge is 2.30. The topological polar surface area (TPSA) is 114 Å². The lowest BCUT2D eigenvalue weighted by Crippen LogP contribution is -2.51. The van der Waals surface area contributed by atoms with E-state index in [-0.39, 0.29) is 35.2 Å². The number of methoxy groups -OCH3 is 1. The summed E-state index contributed by atoms with van der Waals surface area (Å²) >= 11 is 0. The number of nitrogens with zero attached hydrogens (tertiary/aromatic N) is 1. The molecule has 1 unspecified atom stereocenters. The van der Waals surface area contributed by atoms with Crippen molar-refractivity contribution in [2.45, 2.75) is 23.9 Å². The van der Waals surface area contributed by atoms with Crippen LogP contribution in [0.5, 0.6) is 11.5 Å². The minimum atomic E-state index is -3.94. The van der Waals surface area contributed by atoms with Crippen LogP contribution >= 0.6 is 0 Å². The molecular formula is C32H32FN3O6S. The Balaban J connectivity index is 1.50. The minimum Gasteiger partial charge on any atom is -0.497 e. The quantitative estimate of drug-likeness (QED) is 0.234. The number of likely N-dealkylation sites (N-methyl/N-ethyl adjacent to an activating group) is 1. The summed E-state index contributed by atoms with van der Waals surface area (Å²) in [6.45, 7) is -0.248. The van der Waals surface area contributed by atoms with Crippen LogP contribution in [0.3, 0.4) is 0 Å². The minimum absolute atomic E-state index is 0.0424. The molecule has 1 atom stereocenters. The maximum Gasteiger partial charge on any atom is 0.261 e. The molecule has 0 radical (unpaired) electrons. The van der Waals surface area contributed by atoms with Gasteiger partial charge < -0.3 is 19.7 Å². The fourth-order valence-corrected chi connectivity index (χ4v) is 5.38. The summed E-state index contributed by atoms with van der Waals surface area (Å²) in [4.78, 5) is 28.1. The average Bonchev–Trinajstić information content (AvgIpc) is 3.03. The molecular weight excluding hydrogens is 573 g/mol. The van der Waals surface area contributed by atoms with E-state index in [0.717, 1.165) is 23.3 Å². The van der Waals surface area contributed by atoms with Crippen LogP contribution in [0.4, 0.5) is 10.1 Å². The van der Waals surface area contributed by atoms with E-state index < -0.39 is 34.4 Å². The van der Waals surface area contributed by atoms with E-state index in [2.05, 4.69) is 10.0 Å². The number of sulfonamides is 1. The molecule has 0 bridgehead atoms. The fraction of sp³-hybridized carbons (Fsp3) is 0.188. The average molecular weight is 606 g/mol. The normalized spacial score (nSPS) is 11.7. The van der Waals surface area contributed by atoms with Crippen molar-refractivity contribution in [3.05, 3.63) is 120 Å². The maximum atomic E-state index is 13.6. The first-order valence-electron chi connectivity index (χ1n) is 13.4. The van der Waals surface area contributed by atoms with Crippen molar-refractivity contribution in [1.82, 2.24) is 10.2 Å². The Morgan fingerprint density at radius 2 is 1.47 bits per heavy atom. The summed E-state index contributed by atoms with van der Waals surface area (Å²) in [5.74, 6) is -0.319. The Labute approximate surface area is 250 Å². The lowest BCUT2D eigenvalue weighted by molar-refractivity contribution is -0.142. The van der Waals surface area contributed by atoms with Gasteiger partial charge in [0.1, 0.15) is 23.4 Å². The van der Waals surface area contributed by atoms with Gasteiger partial charge in [-0.2, -0.15) is 0 Å². The van der Waals surface area contributed by atoms with Crippen LogP contribution in [0.25, 0.3) is 0 Å². The van der Waals surface area contributed by atoms with Gasteiger partial charge in [-0.25, -0.2) is 12.8 Å². The predicted octanol–water partition coefficient (Wildman–Crippen LogP) is 4.40. The summed E-state index contributed by atoms with van der Waals surface area (Å²) < 4.78 is 52.0. The van der Waals surface area contributed by atoms with Crippen molar-refractivity contribution in [2.75, 3.05) is 25.5 Å². The molecule has 4 aromatic carbocycles. The maximum absolute atomic E-state index is 13.6. The van der Waals surface area contributed by atoms with Gasteiger partial charge in [0, 0.05) is 25.7 Å². The number of hydrogen-bond donors (Lipinski definition) is 2. The zero-order chi connectivity index (χ0) is 30.8. The first-order chi connectivity index (χ1) is 20.7. The zero-order valence-corrected chi connectivity index (χ0v) is 24.5. The summed E-state index contributed by atoms with van der Waals surface area (Å²) in [6.07, 6.45) is 0.288. The molecule has 9 nitrogen and oxygen atoms in total. The van der Waals surface area contributed by atoms with Crippen molar-refractivity contribution < 1.29 is 31.9 Å². The van der Waals surface area contributed by atoms with Crippen LogP contribution < -0.4 is 19.5 Å². The highest BCUT2D eigenvalue weighted by molar-refractivity contribution is 7.92. The monoisotopic (exact) mass is 605 g/mol. The van der Waals surface area contributed by atoms with E-state index >= 15 is 0 Å². The molecule has 224 valence electrons. The van der Waals surface area contributed by atoms with Crippen LogP contribution in [0.15, 0.2) is 108 Å². The van der Waals surface area contributed by atoms with E-state index in [0.29, 0.717) is 5.75 Å². The van der Waals surface area contributed by atoms with Crippen molar-refractivity contribution in [3.8, 4) is 11.5 Å². The molecule has 0 aliphatic heterocycles. The number of rotatable bonds is 13. The zero-order valence-electron chi connectivity index (χ0n) is 23.7. The second-order valence-electron chi connectivity index (χ2n) is 9.56. The second-order valence-corrected chi connectivity index (χ2v) is 11.2. The van der Waals surface area contributed by atoms with Gasteiger partial charge in [0.15, 0.2) is 6.61 Å². The summed E-state index contributed by atoms with van der Waals surface area (Å²) in [7, 11) is -0.853. The van der Waals surface area contributed by atoms with Gasteiger partial charge in [-0.3, -0.25) is 14.3 Å². The Kier molecular flexibility index (Phi) is 10.3. The van der Waals surface area contributed by atoms with Crippen molar-refractivity contribution in [3.63, 3.8) is 0 Å². The number of carbonyl (C=O) groups is 2. The van der Waals surface area contributed by atoms with E-state index in [9.17, 15) is 22.4 Å². The summed E-state index contributed by atoms with van der Waals surface area (Å²) in [5.41, 5.74) is 1.89. The number of carbonyl (C=O) groups excluding carboxylic acids is 2. The first-order valence-corrected chi connectivity index (χ1v) is 14.9. The predicted molar refractivity (Wildman–Crippen MR) is 161 cm³/mol. The standard InChI is InChI=1S/C32H32FN3O6S/c1-34-32(38)30(20-23-6-4-3-5-7-23)36(21-24-8-14-27(41-2)15-9-24)31(37)22-42-28-16-18-29(19-17-28)43(39,40)35-26-12-10-25(33)11-13-26/h3-19,30,35H,20-22H2,1-2H3,(H,34,38). The number of halogens is 1. The van der Waals surface area contributed by atoms with E-state index in [1.165, 1.54) is 48.3 Å². The molecule has 11 heteroatoms. The molecule has 0 saturated carbocycles. The third kappa shape index (κ3) is 8.55. The van der Waals surface area contributed by atoms with Gasteiger partial charge in [-0.1, -0.05) is 42.5 Å². The van der Waals surface area contributed by atoms with Gasteiger partial charge in [0.25, 0.3) is 15.9 Å². The van der Waals surface area contributed by atoms with Gasteiger partial charge >= 0.3 is 0 Å². The first kappa shape index (κ1) is 31.0. The Morgan fingerprint density at radius 3 is 2.07 bits per heavy atom. The number of amides is 2. The molecule has 4 rings (SSSR count). The van der Waals surface area contributed by atoms with Gasteiger partial charge in [-0.15, -0.1) is 0 Å². The Bertz CT molecular complexity index is 1610. The molecule has 0 aliphatic carbocycles. The van der Waals surface area contributed by atoms with Crippen LogP contribution in [-0.4, -0.2) is 51.9 Å². The van der Waals surface area contributed by atoms with Crippen molar-refractivity contribution >= 4 is 27.5 Å². The number of nitrogens with one attached hydrogen (secondary N) is 2. The molecule has 43 heavy (non-hydrogen) atoms. The number of hydrogen-bond acceptors (Lipinski definition) is 6. The van der Waals surface area contributed by atoms with Crippen LogP contribution in [0, 0.1) is 5.82 Å². The largest absolute Gasteiger partial charge is 0.497 e. The third-order valence-corrected chi connectivity index (χ3v) is 8.02. The van der Waals surface area contributed by atoms with E-state index in [1.807, 2.05) is 42.5 Å². The van der Waals surface area contributed by atoms with Crippen LogP contribution in [0.2, 0.25) is 0 Å². The molecule has 0 heterocycles. The molecule has 0 aromatic heterocycles. The Hall–Kier alpha value is -4.90. The molecule has 4 aromatic rings. The van der Waals surface area contributed by atoms with E-state index in [4.69, 9.17) is 9.47 Å². The molecule has 0 fully saturated rings. The molecule has 0 spiro atoms. The second kappa shape index (κ2) is 14.3. The third-order valence-electron chi connectivity index (χ3n) is 6.62.